The zero-order chi connectivity index (χ0) is 9.71. The molecule has 70 valence electrons. The van der Waals surface area contributed by atoms with Crippen LogP contribution in [-0.2, 0) is 0 Å². The van der Waals surface area contributed by atoms with Crippen molar-refractivity contribution in [2.24, 2.45) is 0 Å². The summed E-state index contributed by atoms with van der Waals surface area (Å²) >= 11 is 1.74. The molecular formula is C12H10OS. The predicted octanol–water partition coefficient (Wildman–Crippen LogP) is 4.26. The minimum atomic E-state index is 0.997. The summed E-state index contributed by atoms with van der Waals surface area (Å²) in [5.74, 6) is 0. The topological polar surface area (TPSA) is 13.1 Å². The zero-order valence-electron chi connectivity index (χ0n) is 8.13. The molecule has 2 heteroatoms. The fourth-order valence-corrected chi connectivity index (χ4v) is 2.87. The van der Waals surface area contributed by atoms with E-state index in [2.05, 4.69) is 26.0 Å². The standard InChI is InChI=1S/C12H10OS/c1-7-8(2)14-12-11(7)9-5-3-4-6-10(9)13-12/h3-6H,1-2H3. The highest BCUT2D eigenvalue weighted by Gasteiger charge is 2.12. The number of hydrogen-bond acceptors (Lipinski definition) is 2. The van der Waals surface area contributed by atoms with Gasteiger partial charge in [-0.1, -0.05) is 18.2 Å². The van der Waals surface area contributed by atoms with Gasteiger partial charge in [0.1, 0.15) is 5.58 Å². The van der Waals surface area contributed by atoms with E-state index in [4.69, 9.17) is 4.42 Å². The first-order chi connectivity index (χ1) is 6.77. The Morgan fingerprint density at radius 3 is 2.79 bits per heavy atom. The lowest BCUT2D eigenvalue weighted by Gasteiger charge is -1.89. The predicted molar refractivity (Wildman–Crippen MR) is 61.1 cm³/mol. The fraction of sp³-hybridized carbons (Fsp3) is 0.167. The van der Waals surface area contributed by atoms with Gasteiger partial charge in [0, 0.05) is 15.6 Å². The van der Waals surface area contributed by atoms with Gasteiger partial charge in [-0.2, -0.15) is 0 Å². The molecule has 2 aromatic heterocycles. The molecule has 0 radical (unpaired) electrons. The van der Waals surface area contributed by atoms with E-state index in [0.717, 1.165) is 10.5 Å². The van der Waals surface area contributed by atoms with Gasteiger partial charge in [0.2, 0.25) is 0 Å². The Morgan fingerprint density at radius 2 is 1.93 bits per heavy atom. The Balaban J connectivity index is 2.62. The molecule has 1 nitrogen and oxygen atoms in total. The second-order valence-electron chi connectivity index (χ2n) is 3.54. The smallest absolute Gasteiger partial charge is 0.189 e. The molecule has 0 amide bonds. The normalized spacial score (nSPS) is 11.6. The summed E-state index contributed by atoms with van der Waals surface area (Å²) in [7, 11) is 0. The Bertz CT molecular complexity index is 616. The van der Waals surface area contributed by atoms with E-state index in [0.29, 0.717) is 0 Å². The number of hydrogen-bond donors (Lipinski definition) is 0. The lowest BCUT2D eigenvalue weighted by molar-refractivity contribution is 0.678. The summed E-state index contributed by atoms with van der Waals surface area (Å²) < 4.78 is 5.77. The maximum atomic E-state index is 5.77. The monoisotopic (exact) mass is 202 g/mol. The number of furan rings is 1. The zero-order valence-corrected chi connectivity index (χ0v) is 8.94. The van der Waals surface area contributed by atoms with E-state index in [1.54, 1.807) is 11.3 Å². The minimum absolute atomic E-state index is 0.997. The van der Waals surface area contributed by atoms with Crippen LogP contribution in [-0.4, -0.2) is 0 Å². The molecular weight excluding hydrogens is 192 g/mol. The number of para-hydroxylation sites is 1. The third-order valence-electron chi connectivity index (χ3n) is 2.71. The van der Waals surface area contributed by atoms with Crippen molar-refractivity contribution in [1.29, 1.82) is 0 Å². The third kappa shape index (κ3) is 0.891. The van der Waals surface area contributed by atoms with E-state index in [-0.39, 0.29) is 0 Å². The molecule has 2 heterocycles. The Labute approximate surface area is 86.0 Å². The summed E-state index contributed by atoms with van der Waals surface area (Å²) in [5.41, 5.74) is 2.35. The molecule has 0 atom stereocenters. The van der Waals surface area contributed by atoms with Crippen molar-refractivity contribution in [2.75, 3.05) is 0 Å². The average molecular weight is 202 g/mol. The van der Waals surface area contributed by atoms with Gasteiger partial charge in [-0.15, -0.1) is 11.3 Å². The Morgan fingerprint density at radius 1 is 1.14 bits per heavy atom. The van der Waals surface area contributed by atoms with Crippen LogP contribution in [0, 0.1) is 13.8 Å². The van der Waals surface area contributed by atoms with Crippen LogP contribution in [0.2, 0.25) is 0 Å². The van der Waals surface area contributed by atoms with Gasteiger partial charge in [0.15, 0.2) is 4.90 Å². The Hall–Kier alpha value is -1.28. The molecule has 0 bridgehead atoms. The maximum Gasteiger partial charge on any atom is 0.189 e. The maximum absolute atomic E-state index is 5.77. The highest BCUT2D eigenvalue weighted by Crippen LogP contribution is 2.37. The van der Waals surface area contributed by atoms with E-state index in [1.165, 1.54) is 21.2 Å². The second kappa shape index (κ2) is 2.61. The lowest BCUT2D eigenvalue weighted by atomic mass is 10.1. The first-order valence-corrected chi connectivity index (χ1v) is 5.46. The van der Waals surface area contributed by atoms with Crippen molar-refractivity contribution in [3.8, 4) is 0 Å². The molecule has 1 aromatic carbocycles. The van der Waals surface area contributed by atoms with Crippen molar-refractivity contribution in [3.63, 3.8) is 0 Å². The van der Waals surface area contributed by atoms with Crippen LogP contribution < -0.4 is 0 Å². The van der Waals surface area contributed by atoms with Crippen LogP contribution in [0.5, 0.6) is 0 Å². The van der Waals surface area contributed by atoms with Crippen molar-refractivity contribution in [3.05, 3.63) is 34.7 Å². The van der Waals surface area contributed by atoms with Gasteiger partial charge in [0.05, 0.1) is 0 Å². The molecule has 0 aliphatic rings. The number of aryl methyl sites for hydroxylation is 2. The molecule has 3 rings (SSSR count). The van der Waals surface area contributed by atoms with Gasteiger partial charge < -0.3 is 4.42 Å². The fourth-order valence-electron chi connectivity index (χ4n) is 1.84. The largest absolute Gasteiger partial charge is 0.445 e. The molecule has 0 N–H and O–H groups in total. The number of rotatable bonds is 0. The second-order valence-corrected chi connectivity index (χ2v) is 4.73. The number of thiophene rings is 1. The molecule has 0 saturated heterocycles. The highest BCUT2D eigenvalue weighted by molar-refractivity contribution is 7.18. The highest BCUT2D eigenvalue weighted by atomic mass is 32.1. The third-order valence-corrected chi connectivity index (χ3v) is 3.80. The molecule has 0 aliphatic heterocycles. The number of fused-ring (bicyclic) bond motifs is 3. The van der Waals surface area contributed by atoms with Gasteiger partial charge in [-0.3, -0.25) is 0 Å². The summed E-state index contributed by atoms with van der Waals surface area (Å²) in [6.07, 6.45) is 0. The summed E-state index contributed by atoms with van der Waals surface area (Å²) in [6, 6.07) is 8.22. The lowest BCUT2D eigenvalue weighted by Crippen LogP contribution is -1.69. The summed E-state index contributed by atoms with van der Waals surface area (Å²) in [4.78, 5) is 2.41. The molecule has 0 aliphatic carbocycles. The summed E-state index contributed by atoms with van der Waals surface area (Å²) in [5, 5.41) is 2.53. The molecule has 0 spiro atoms. The molecule has 14 heavy (non-hydrogen) atoms. The quantitative estimate of drug-likeness (QED) is 0.530. The van der Waals surface area contributed by atoms with Crippen molar-refractivity contribution in [2.45, 2.75) is 13.8 Å². The minimum Gasteiger partial charge on any atom is -0.445 e. The number of benzene rings is 1. The first-order valence-electron chi connectivity index (χ1n) is 4.64. The molecule has 3 aromatic rings. The van der Waals surface area contributed by atoms with Gasteiger partial charge in [0.25, 0.3) is 0 Å². The van der Waals surface area contributed by atoms with E-state index < -0.39 is 0 Å². The molecule has 0 unspecified atom stereocenters. The van der Waals surface area contributed by atoms with Crippen LogP contribution in [0.4, 0.5) is 0 Å². The van der Waals surface area contributed by atoms with Gasteiger partial charge >= 0.3 is 0 Å². The van der Waals surface area contributed by atoms with Gasteiger partial charge in [-0.05, 0) is 25.5 Å². The van der Waals surface area contributed by atoms with E-state index >= 15 is 0 Å². The first kappa shape index (κ1) is 8.06. The SMILES string of the molecule is Cc1sc2oc3ccccc3c2c1C. The van der Waals surface area contributed by atoms with Crippen molar-refractivity contribution >= 4 is 32.6 Å². The van der Waals surface area contributed by atoms with Crippen LogP contribution in [0.25, 0.3) is 21.3 Å². The molecule has 0 fully saturated rings. The Kier molecular flexibility index (Phi) is 1.50. The molecule has 0 saturated carbocycles. The van der Waals surface area contributed by atoms with E-state index in [1.807, 2.05) is 12.1 Å². The average Bonchev–Trinajstić information content (AvgIpc) is 2.65. The van der Waals surface area contributed by atoms with E-state index in [9.17, 15) is 0 Å². The van der Waals surface area contributed by atoms with Crippen LogP contribution >= 0.6 is 11.3 Å². The van der Waals surface area contributed by atoms with Crippen molar-refractivity contribution < 1.29 is 4.42 Å². The van der Waals surface area contributed by atoms with Crippen molar-refractivity contribution in [1.82, 2.24) is 0 Å². The van der Waals surface area contributed by atoms with Crippen LogP contribution in [0.3, 0.4) is 0 Å². The summed E-state index contributed by atoms with van der Waals surface area (Å²) in [6.45, 7) is 4.31. The van der Waals surface area contributed by atoms with Gasteiger partial charge in [-0.25, -0.2) is 0 Å². The van der Waals surface area contributed by atoms with Crippen LogP contribution in [0.15, 0.2) is 28.7 Å². The van der Waals surface area contributed by atoms with Crippen LogP contribution in [0.1, 0.15) is 10.4 Å².